The van der Waals surface area contributed by atoms with E-state index in [9.17, 15) is 4.79 Å². The van der Waals surface area contributed by atoms with Gasteiger partial charge in [-0.3, -0.25) is 9.79 Å². The number of rotatable bonds is 2. The van der Waals surface area contributed by atoms with E-state index in [4.69, 9.17) is 4.74 Å². The lowest BCUT2D eigenvalue weighted by atomic mass is 9.82. The van der Waals surface area contributed by atoms with Gasteiger partial charge in [0.15, 0.2) is 5.96 Å². The molecule has 4 heterocycles. The number of guanidine groups is 1. The van der Waals surface area contributed by atoms with E-state index in [1.165, 1.54) is 18.4 Å². The van der Waals surface area contributed by atoms with Gasteiger partial charge < -0.3 is 19.9 Å². The lowest BCUT2D eigenvalue weighted by Crippen LogP contribution is -2.47. The van der Waals surface area contributed by atoms with Crippen LogP contribution in [0.3, 0.4) is 0 Å². The number of aryl methyl sites for hydroxylation is 1. The van der Waals surface area contributed by atoms with Crippen molar-refractivity contribution in [2.45, 2.75) is 37.9 Å². The van der Waals surface area contributed by atoms with Crippen LogP contribution in [0.15, 0.2) is 29.3 Å². The van der Waals surface area contributed by atoms with Gasteiger partial charge in [-0.1, -0.05) is 18.2 Å². The molecule has 0 aliphatic carbocycles. The third-order valence-electron chi connectivity index (χ3n) is 6.77. The zero-order valence-electron chi connectivity index (χ0n) is 15.9. The number of carbonyl (C=O) groups is 1. The second-order valence-electron chi connectivity index (χ2n) is 8.20. The maximum absolute atomic E-state index is 12.9. The van der Waals surface area contributed by atoms with Crippen molar-refractivity contribution in [1.29, 1.82) is 0 Å². The molecule has 1 N–H and O–H groups in total. The fourth-order valence-corrected chi connectivity index (χ4v) is 5.51. The third kappa shape index (κ3) is 2.90. The first-order valence-corrected chi connectivity index (χ1v) is 10.2. The molecule has 6 heteroatoms. The molecule has 3 fully saturated rings. The van der Waals surface area contributed by atoms with Crippen LogP contribution in [0, 0.1) is 11.8 Å². The molecule has 4 atom stereocenters. The Balaban J connectivity index is 1.22. The first-order chi connectivity index (χ1) is 13.2. The van der Waals surface area contributed by atoms with Crippen molar-refractivity contribution >= 4 is 17.6 Å². The summed E-state index contributed by atoms with van der Waals surface area (Å²) in [5.41, 5.74) is 2.33. The summed E-state index contributed by atoms with van der Waals surface area (Å²) in [7, 11) is 1.81. The number of fused-ring (bicyclic) bond motifs is 6. The van der Waals surface area contributed by atoms with Crippen LogP contribution in [0.25, 0.3) is 0 Å². The smallest absolute Gasteiger partial charge is 0.246 e. The highest BCUT2D eigenvalue weighted by molar-refractivity contribution is 5.98. The second kappa shape index (κ2) is 6.82. The van der Waals surface area contributed by atoms with Gasteiger partial charge in [-0.25, -0.2) is 0 Å². The molecule has 0 radical (unpaired) electrons. The second-order valence-corrected chi connectivity index (χ2v) is 8.20. The Labute approximate surface area is 160 Å². The predicted octanol–water partition coefficient (Wildman–Crippen LogP) is 1.65. The number of amides is 1. The minimum Gasteiger partial charge on any atom is -0.374 e. The summed E-state index contributed by atoms with van der Waals surface area (Å²) in [6.45, 7) is 3.07. The number of nitrogens with zero attached hydrogens (tertiary/aromatic N) is 3. The van der Waals surface area contributed by atoms with E-state index in [-0.39, 0.29) is 12.5 Å². The number of benzene rings is 1. The molecule has 144 valence electrons. The van der Waals surface area contributed by atoms with E-state index < -0.39 is 0 Å². The summed E-state index contributed by atoms with van der Waals surface area (Å²) in [5, 5.41) is 3.32. The summed E-state index contributed by atoms with van der Waals surface area (Å²) in [5.74, 6) is 2.23. The van der Waals surface area contributed by atoms with E-state index in [1.54, 1.807) is 0 Å². The fraction of sp³-hybridized carbons (Fsp3) is 0.619. The molecule has 4 aliphatic rings. The van der Waals surface area contributed by atoms with Crippen molar-refractivity contribution in [2.24, 2.45) is 16.8 Å². The Morgan fingerprint density at radius 2 is 1.96 bits per heavy atom. The minimum absolute atomic E-state index is 0.117. The quantitative estimate of drug-likeness (QED) is 0.637. The topological polar surface area (TPSA) is 57.2 Å². The molecule has 1 aromatic rings. The van der Waals surface area contributed by atoms with Crippen LogP contribution >= 0.6 is 0 Å². The van der Waals surface area contributed by atoms with Crippen LogP contribution in [0.1, 0.15) is 24.8 Å². The maximum Gasteiger partial charge on any atom is 0.246 e. The number of hydrogen-bond donors (Lipinski definition) is 1. The standard InChI is InChI=1S/C21H28N4O2/c1-22-21(24-12-15-16(13-24)19-9-8-18(15)27-19)23-11-20(26)25-10-4-6-14-5-2-3-7-17(14)25/h2-3,5,7,15-16,18-19H,4,6,8-13H2,1H3,(H,22,23). The molecule has 4 aliphatic heterocycles. The van der Waals surface area contributed by atoms with Crippen molar-refractivity contribution < 1.29 is 9.53 Å². The molecule has 4 unspecified atom stereocenters. The SMILES string of the molecule is CN=C(NCC(=O)N1CCCc2ccccc21)N1CC2C3CCC(O3)C2C1. The van der Waals surface area contributed by atoms with E-state index >= 15 is 0 Å². The zero-order valence-corrected chi connectivity index (χ0v) is 15.9. The molecule has 3 saturated heterocycles. The highest BCUT2D eigenvalue weighted by Gasteiger charge is 2.53. The Kier molecular flexibility index (Phi) is 4.31. The summed E-state index contributed by atoms with van der Waals surface area (Å²) in [6.07, 6.45) is 5.37. The van der Waals surface area contributed by atoms with Gasteiger partial charge in [-0.2, -0.15) is 0 Å². The molecule has 27 heavy (non-hydrogen) atoms. The Morgan fingerprint density at radius 1 is 1.22 bits per heavy atom. The normalized spacial score (nSPS) is 31.8. The zero-order chi connectivity index (χ0) is 18.4. The Morgan fingerprint density at radius 3 is 2.70 bits per heavy atom. The molecule has 6 nitrogen and oxygen atoms in total. The highest BCUT2D eigenvalue weighted by atomic mass is 16.5. The Bertz CT molecular complexity index is 746. The average Bonchev–Trinajstić information content (AvgIpc) is 3.41. The first-order valence-electron chi connectivity index (χ1n) is 10.2. The van der Waals surface area contributed by atoms with Crippen LogP contribution < -0.4 is 10.2 Å². The van der Waals surface area contributed by atoms with Gasteiger partial charge >= 0.3 is 0 Å². The summed E-state index contributed by atoms with van der Waals surface area (Å²) < 4.78 is 6.06. The number of nitrogens with one attached hydrogen (secondary N) is 1. The predicted molar refractivity (Wildman–Crippen MR) is 105 cm³/mol. The number of para-hydroxylation sites is 1. The molecule has 1 amide bonds. The molecule has 2 bridgehead atoms. The largest absolute Gasteiger partial charge is 0.374 e. The molecule has 1 aromatic carbocycles. The number of hydrogen-bond acceptors (Lipinski definition) is 3. The number of ether oxygens (including phenoxy) is 1. The van der Waals surface area contributed by atoms with E-state index in [0.29, 0.717) is 24.0 Å². The molecule has 0 saturated carbocycles. The van der Waals surface area contributed by atoms with Crippen molar-refractivity contribution in [3.05, 3.63) is 29.8 Å². The molecular weight excluding hydrogens is 340 g/mol. The molecule has 5 rings (SSSR count). The van der Waals surface area contributed by atoms with Crippen molar-refractivity contribution in [3.63, 3.8) is 0 Å². The Hall–Kier alpha value is -2.08. The number of likely N-dealkylation sites (tertiary alicyclic amines) is 1. The molecule has 0 aromatic heterocycles. The van der Waals surface area contributed by atoms with E-state index in [0.717, 1.165) is 44.1 Å². The molecular formula is C21H28N4O2. The lowest BCUT2D eigenvalue weighted by Gasteiger charge is -2.30. The maximum atomic E-state index is 12.9. The minimum atomic E-state index is 0.117. The number of carbonyl (C=O) groups excluding carboxylic acids is 1. The van der Waals surface area contributed by atoms with Crippen molar-refractivity contribution in [1.82, 2.24) is 10.2 Å². The van der Waals surface area contributed by atoms with Gasteiger partial charge in [-0.15, -0.1) is 0 Å². The first kappa shape index (κ1) is 17.0. The van der Waals surface area contributed by atoms with Crippen LogP contribution in [0.5, 0.6) is 0 Å². The number of aliphatic imine (C=N–C) groups is 1. The van der Waals surface area contributed by atoms with Crippen molar-refractivity contribution in [2.75, 3.05) is 38.1 Å². The third-order valence-corrected chi connectivity index (χ3v) is 6.77. The summed E-state index contributed by atoms with van der Waals surface area (Å²) >= 11 is 0. The van der Waals surface area contributed by atoms with E-state index in [1.807, 2.05) is 24.1 Å². The van der Waals surface area contributed by atoms with Gasteiger partial charge in [0, 0.05) is 44.2 Å². The van der Waals surface area contributed by atoms with Crippen LogP contribution in [-0.2, 0) is 16.0 Å². The van der Waals surface area contributed by atoms with Crippen LogP contribution in [0.2, 0.25) is 0 Å². The highest BCUT2D eigenvalue weighted by Crippen LogP contribution is 2.47. The van der Waals surface area contributed by atoms with Crippen molar-refractivity contribution in [3.8, 4) is 0 Å². The fourth-order valence-electron chi connectivity index (χ4n) is 5.51. The summed E-state index contributed by atoms with van der Waals surface area (Å²) in [6, 6.07) is 8.24. The number of anilines is 1. The van der Waals surface area contributed by atoms with Gasteiger partial charge in [-0.05, 0) is 37.3 Å². The van der Waals surface area contributed by atoms with Gasteiger partial charge in [0.2, 0.25) is 5.91 Å². The van der Waals surface area contributed by atoms with Gasteiger partial charge in [0.25, 0.3) is 0 Å². The van der Waals surface area contributed by atoms with Gasteiger partial charge in [0.05, 0.1) is 18.8 Å². The monoisotopic (exact) mass is 368 g/mol. The van der Waals surface area contributed by atoms with Crippen LogP contribution in [-0.4, -0.2) is 62.2 Å². The van der Waals surface area contributed by atoms with Crippen LogP contribution in [0.4, 0.5) is 5.69 Å². The average molecular weight is 368 g/mol. The van der Waals surface area contributed by atoms with E-state index in [2.05, 4.69) is 27.3 Å². The van der Waals surface area contributed by atoms with Gasteiger partial charge in [0.1, 0.15) is 0 Å². The summed E-state index contributed by atoms with van der Waals surface area (Å²) in [4.78, 5) is 21.6. The molecule has 0 spiro atoms. The lowest BCUT2D eigenvalue weighted by molar-refractivity contribution is -0.117.